The number of imide groups is 1. The van der Waals surface area contributed by atoms with Crippen LogP contribution < -0.4 is 15.5 Å². The fraction of sp³-hybridized carbons (Fsp3) is 0.714. The van der Waals surface area contributed by atoms with Crippen LogP contribution in [-0.4, -0.2) is 41.4 Å². The second-order valence-corrected chi connectivity index (χ2v) is 9.61. The first-order chi connectivity index (χ1) is 13.3. The summed E-state index contributed by atoms with van der Waals surface area (Å²) < 4.78 is 0. The molecule has 2 aliphatic heterocycles. The Morgan fingerprint density at radius 3 is 2.14 bits per heavy atom. The van der Waals surface area contributed by atoms with Gasteiger partial charge in [-0.25, -0.2) is 9.97 Å². The van der Waals surface area contributed by atoms with Crippen LogP contribution in [-0.2, 0) is 9.59 Å². The van der Waals surface area contributed by atoms with E-state index in [1.54, 1.807) is 12.4 Å². The summed E-state index contributed by atoms with van der Waals surface area (Å²) in [5, 5.41) is 6.05. The Balaban J connectivity index is 1.54. The molecule has 2 unspecified atom stereocenters. The molecule has 7 heteroatoms. The maximum absolute atomic E-state index is 12.5. The molecule has 1 aromatic heterocycles. The molecule has 3 fully saturated rings. The summed E-state index contributed by atoms with van der Waals surface area (Å²) in [5.74, 6) is 1.10. The molecule has 0 radical (unpaired) electrons. The molecule has 2 saturated heterocycles. The van der Waals surface area contributed by atoms with Gasteiger partial charge in [-0.1, -0.05) is 32.6 Å². The van der Waals surface area contributed by atoms with E-state index in [0.29, 0.717) is 13.1 Å². The van der Waals surface area contributed by atoms with Crippen molar-refractivity contribution in [2.75, 3.05) is 29.9 Å². The van der Waals surface area contributed by atoms with Crippen molar-refractivity contribution in [1.82, 2.24) is 15.3 Å². The van der Waals surface area contributed by atoms with Crippen LogP contribution in [0.3, 0.4) is 0 Å². The maximum atomic E-state index is 12.5. The second-order valence-electron chi connectivity index (χ2n) is 9.61. The number of carbonyl (C=O) groups excluding carboxylic acids is 2. The zero-order valence-electron chi connectivity index (χ0n) is 17.2. The lowest BCUT2D eigenvalue weighted by Crippen LogP contribution is -2.38. The van der Waals surface area contributed by atoms with Crippen molar-refractivity contribution < 1.29 is 9.59 Å². The highest BCUT2D eigenvalue weighted by atomic mass is 16.2. The first-order valence-electron chi connectivity index (χ1n) is 10.4. The number of aromatic nitrogens is 2. The lowest BCUT2D eigenvalue weighted by atomic mass is 9.70. The van der Waals surface area contributed by atoms with Crippen molar-refractivity contribution >= 4 is 23.5 Å². The van der Waals surface area contributed by atoms with Crippen LogP contribution in [0.2, 0.25) is 0 Å². The lowest BCUT2D eigenvalue weighted by molar-refractivity contribution is -0.128. The molecular formula is C21H31N5O2. The van der Waals surface area contributed by atoms with Crippen molar-refractivity contribution in [3.63, 3.8) is 0 Å². The standard InChI is InChI=1S/C21H31N5O2/c1-19(8-6-4-5-7-9-19)12-24-15-16(23-11-10-22-15)26-13-20(2)17(27)25-18(28)21(20,3)14-26/h10-11H,4-9,12-14H2,1-3H3,(H,22,24)(H,25,27,28). The fourth-order valence-electron chi connectivity index (χ4n) is 5.08. The number of nitrogens with one attached hydrogen (secondary N) is 2. The first-order valence-corrected chi connectivity index (χ1v) is 10.4. The molecule has 1 aromatic rings. The molecule has 2 N–H and O–H groups in total. The predicted molar refractivity (Wildman–Crippen MR) is 108 cm³/mol. The molecule has 2 atom stereocenters. The predicted octanol–water partition coefficient (Wildman–Crippen LogP) is 2.74. The largest absolute Gasteiger partial charge is 0.366 e. The van der Waals surface area contributed by atoms with Gasteiger partial charge in [-0.2, -0.15) is 0 Å². The maximum Gasteiger partial charge on any atom is 0.235 e. The molecule has 0 bridgehead atoms. The summed E-state index contributed by atoms with van der Waals surface area (Å²) in [6.45, 7) is 7.90. The van der Waals surface area contributed by atoms with E-state index in [1.165, 1.54) is 38.5 Å². The Bertz CT molecular complexity index is 761. The van der Waals surface area contributed by atoms with Gasteiger partial charge in [0.2, 0.25) is 11.8 Å². The quantitative estimate of drug-likeness (QED) is 0.612. The van der Waals surface area contributed by atoms with E-state index in [4.69, 9.17) is 0 Å². The Morgan fingerprint density at radius 1 is 0.964 bits per heavy atom. The third kappa shape index (κ3) is 2.95. The third-order valence-electron chi connectivity index (χ3n) is 7.43. The number of amides is 2. The number of anilines is 2. The number of hydrogen-bond acceptors (Lipinski definition) is 6. The number of fused-ring (bicyclic) bond motifs is 1. The van der Waals surface area contributed by atoms with Crippen LogP contribution in [0.5, 0.6) is 0 Å². The third-order valence-corrected chi connectivity index (χ3v) is 7.43. The summed E-state index contributed by atoms with van der Waals surface area (Å²) in [6, 6.07) is 0. The van der Waals surface area contributed by atoms with Crippen molar-refractivity contribution in [2.24, 2.45) is 16.2 Å². The topological polar surface area (TPSA) is 87.2 Å². The van der Waals surface area contributed by atoms with E-state index >= 15 is 0 Å². The molecule has 1 aliphatic carbocycles. The molecule has 0 aromatic carbocycles. The van der Waals surface area contributed by atoms with Crippen LogP contribution in [0.4, 0.5) is 11.6 Å². The van der Waals surface area contributed by atoms with Crippen LogP contribution in [0, 0.1) is 16.2 Å². The van der Waals surface area contributed by atoms with Gasteiger partial charge >= 0.3 is 0 Å². The average Bonchev–Trinajstić information content (AvgIpc) is 2.91. The molecule has 0 spiro atoms. The number of hydrogen-bond donors (Lipinski definition) is 2. The van der Waals surface area contributed by atoms with Crippen LogP contribution in [0.25, 0.3) is 0 Å². The molecule has 3 aliphatic rings. The normalized spacial score (nSPS) is 32.0. The van der Waals surface area contributed by atoms with E-state index < -0.39 is 10.8 Å². The van der Waals surface area contributed by atoms with Crippen LogP contribution in [0.15, 0.2) is 12.4 Å². The van der Waals surface area contributed by atoms with Crippen molar-refractivity contribution in [1.29, 1.82) is 0 Å². The minimum absolute atomic E-state index is 0.188. The highest BCUT2D eigenvalue weighted by Crippen LogP contribution is 2.51. The molecule has 7 nitrogen and oxygen atoms in total. The summed E-state index contributed by atoms with van der Waals surface area (Å²) in [4.78, 5) is 36.0. The number of nitrogens with zero attached hydrogens (tertiary/aromatic N) is 3. The Labute approximate surface area is 166 Å². The van der Waals surface area contributed by atoms with E-state index in [-0.39, 0.29) is 17.2 Å². The van der Waals surface area contributed by atoms with Gasteiger partial charge in [0, 0.05) is 32.0 Å². The summed E-state index contributed by atoms with van der Waals surface area (Å²) >= 11 is 0. The van der Waals surface area contributed by atoms with Gasteiger partial charge in [-0.05, 0) is 32.1 Å². The molecule has 1 saturated carbocycles. The highest BCUT2D eigenvalue weighted by molar-refractivity contribution is 6.10. The zero-order valence-corrected chi connectivity index (χ0v) is 17.2. The number of rotatable bonds is 4. The SMILES string of the molecule is CC1(CNc2nccnc2N2CC3(C)C(=O)NC(=O)C3(C)C2)CCCCCC1. The van der Waals surface area contributed by atoms with Crippen molar-refractivity contribution in [2.45, 2.75) is 59.3 Å². The smallest absolute Gasteiger partial charge is 0.235 e. The number of carbonyl (C=O) groups is 2. The van der Waals surface area contributed by atoms with Crippen molar-refractivity contribution in [3.8, 4) is 0 Å². The first kappa shape index (κ1) is 19.2. The summed E-state index contributed by atoms with van der Waals surface area (Å²) in [7, 11) is 0. The Morgan fingerprint density at radius 2 is 1.54 bits per heavy atom. The Kier molecular flexibility index (Phi) is 4.59. The molecule has 152 valence electrons. The summed E-state index contributed by atoms with van der Waals surface area (Å²) in [6.07, 6.45) is 11.0. The van der Waals surface area contributed by atoms with Gasteiger partial charge in [0.1, 0.15) is 0 Å². The van der Waals surface area contributed by atoms with Crippen molar-refractivity contribution in [3.05, 3.63) is 12.4 Å². The highest BCUT2D eigenvalue weighted by Gasteiger charge is 2.66. The Hall–Kier alpha value is -2.18. The fourth-order valence-corrected chi connectivity index (χ4v) is 5.08. The molecule has 28 heavy (non-hydrogen) atoms. The second kappa shape index (κ2) is 6.71. The van der Waals surface area contributed by atoms with Crippen LogP contribution in [0.1, 0.15) is 59.3 Å². The summed E-state index contributed by atoms with van der Waals surface area (Å²) in [5.41, 5.74) is -1.22. The van der Waals surface area contributed by atoms with E-state index in [2.05, 4.69) is 27.5 Å². The van der Waals surface area contributed by atoms with E-state index in [9.17, 15) is 9.59 Å². The minimum Gasteiger partial charge on any atom is -0.366 e. The zero-order chi connectivity index (χ0) is 20.0. The molecule has 4 rings (SSSR count). The van der Waals surface area contributed by atoms with Gasteiger partial charge in [0.25, 0.3) is 0 Å². The van der Waals surface area contributed by atoms with E-state index in [0.717, 1.165) is 18.2 Å². The monoisotopic (exact) mass is 385 g/mol. The molecule has 2 amide bonds. The van der Waals surface area contributed by atoms with Gasteiger partial charge in [0.15, 0.2) is 11.6 Å². The van der Waals surface area contributed by atoms with Gasteiger partial charge in [0.05, 0.1) is 10.8 Å². The van der Waals surface area contributed by atoms with Gasteiger partial charge in [-0.3, -0.25) is 14.9 Å². The van der Waals surface area contributed by atoms with Crippen LogP contribution >= 0.6 is 0 Å². The van der Waals surface area contributed by atoms with Gasteiger partial charge < -0.3 is 10.2 Å². The van der Waals surface area contributed by atoms with E-state index in [1.807, 2.05) is 18.7 Å². The average molecular weight is 386 g/mol. The van der Waals surface area contributed by atoms with Gasteiger partial charge in [-0.15, -0.1) is 0 Å². The minimum atomic E-state index is -0.744. The molecule has 3 heterocycles. The lowest BCUT2D eigenvalue weighted by Gasteiger charge is -2.30. The molecular weight excluding hydrogens is 354 g/mol.